The van der Waals surface area contributed by atoms with Crippen LogP contribution in [-0.2, 0) is 32.2 Å². The molecular weight excluding hydrogens is 690 g/mol. The van der Waals surface area contributed by atoms with Gasteiger partial charge in [0.2, 0.25) is 11.3 Å². The minimum absolute atomic E-state index is 0.0113. The molecule has 0 aliphatic carbocycles. The van der Waals surface area contributed by atoms with E-state index in [9.17, 15) is 38.7 Å². The monoisotopic (exact) mass is 724 g/mol. The van der Waals surface area contributed by atoms with Gasteiger partial charge in [-0.1, -0.05) is 0 Å². The number of aromatic amines is 1. The van der Waals surface area contributed by atoms with E-state index in [1.165, 1.54) is 6.20 Å². The smallest absolute Gasteiger partial charge is 0.394 e. The largest absolute Gasteiger partial charge is 0.473 e. The molecule has 0 saturated carbocycles. The fraction of sp³-hybridized carbons (Fsp3) is 0.609. The summed E-state index contributed by atoms with van der Waals surface area (Å²) < 4.78 is 56.8. The van der Waals surface area contributed by atoms with E-state index in [2.05, 4.69) is 32.6 Å². The van der Waals surface area contributed by atoms with Crippen LogP contribution in [0.25, 0.3) is 11.2 Å². The third-order valence-electron chi connectivity index (χ3n) is 7.63. The molecule has 2 saturated heterocycles. The molecule has 9 N–H and O–H groups in total. The van der Waals surface area contributed by atoms with Crippen molar-refractivity contribution in [2.24, 2.45) is 0 Å². The van der Waals surface area contributed by atoms with Gasteiger partial charge in [0.1, 0.15) is 30.5 Å². The number of nitrogens with two attached hydrogens (primary N) is 2. The fourth-order valence-corrected chi connectivity index (χ4v) is 8.57. The Bertz CT molecular complexity index is 1840. The highest BCUT2D eigenvalue weighted by atomic mass is 32.1. The number of aromatic nitrogens is 6. The van der Waals surface area contributed by atoms with E-state index in [1.807, 2.05) is 0 Å². The van der Waals surface area contributed by atoms with Crippen LogP contribution in [0.5, 0.6) is 0 Å². The molecule has 2 aliphatic heterocycles. The van der Waals surface area contributed by atoms with Crippen molar-refractivity contribution in [3.05, 3.63) is 38.9 Å². The van der Waals surface area contributed by atoms with Crippen LogP contribution in [0.2, 0.25) is 0 Å². The summed E-state index contributed by atoms with van der Waals surface area (Å²) in [5, 5.41) is 18.2. The van der Waals surface area contributed by atoms with Gasteiger partial charge < -0.3 is 45.5 Å². The number of hydrogen-bond acceptors (Lipinski definition) is 17. The first-order valence-corrected chi connectivity index (χ1v) is 17.8. The number of nitrogen functional groups attached to an aromatic ring is 2. The number of rotatable bonds is 13. The number of aliphatic hydroxyl groups is 2. The van der Waals surface area contributed by atoms with Gasteiger partial charge in [0, 0.05) is 24.6 Å². The van der Waals surface area contributed by atoms with Crippen LogP contribution < -0.4 is 22.7 Å². The first kappa shape index (κ1) is 35.6. The average molecular weight is 725 g/mol. The van der Waals surface area contributed by atoms with Crippen LogP contribution in [0.15, 0.2) is 22.1 Å². The SMILES string of the molecule is Cc1cn([C@H]2C[C@H](O)[C@@H](COP(=O)(O)[C@]3(OP(=O)(O)OCCCS)C[C@H](n4cnc5c(=O)[nH]c(N)nc54)O[C@@H]3CO)O2)c(=O)nc1N. The molecule has 5 rings (SSSR count). The minimum Gasteiger partial charge on any atom is -0.394 e. The molecule has 21 nitrogen and oxygen atoms in total. The van der Waals surface area contributed by atoms with Crippen molar-refractivity contribution in [1.82, 2.24) is 29.1 Å². The summed E-state index contributed by atoms with van der Waals surface area (Å²) in [5.74, 6) is 0.0121. The number of H-pyrrole nitrogens is 1. The number of nitrogens with zero attached hydrogens (tertiary/aromatic N) is 5. The zero-order valence-corrected chi connectivity index (χ0v) is 27.4. The summed E-state index contributed by atoms with van der Waals surface area (Å²) in [6.45, 7) is -0.523. The molecule has 8 atom stereocenters. The Morgan fingerprint density at radius 2 is 1.91 bits per heavy atom. The lowest BCUT2D eigenvalue weighted by atomic mass is 10.2. The van der Waals surface area contributed by atoms with Gasteiger partial charge in [-0.05, 0) is 19.1 Å². The van der Waals surface area contributed by atoms with Gasteiger partial charge in [0.15, 0.2) is 11.2 Å². The number of aryl methyl sites for hydroxylation is 1. The van der Waals surface area contributed by atoms with Crippen molar-refractivity contribution in [1.29, 1.82) is 0 Å². The molecule has 0 radical (unpaired) electrons. The van der Waals surface area contributed by atoms with Crippen LogP contribution >= 0.6 is 28.0 Å². The molecule has 3 aromatic rings. The van der Waals surface area contributed by atoms with Crippen molar-refractivity contribution in [2.75, 3.05) is 37.0 Å². The molecule has 0 spiro atoms. The number of thiol groups is 1. The van der Waals surface area contributed by atoms with Crippen molar-refractivity contribution in [2.45, 2.75) is 62.3 Å². The number of ether oxygens (including phenoxy) is 2. The van der Waals surface area contributed by atoms with Crippen molar-refractivity contribution in [3.8, 4) is 0 Å². The van der Waals surface area contributed by atoms with Crippen molar-refractivity contribution < 1.29 is 52.2 Å². The number of aliphatic hydroxyl groups excluding tert-OH is 2. The Hall–Kier alpha value is -2.72. The van der Waals surface area contributed by atoms with Gasteiger partial charge in [-0.3, -0.25) is 32.5 Å². The fourth-order valence-electron chi connectivity index (χ4n) is 5.25. The molecule has 0 bridgehead atoms. The second kappa shape index (κ2) is 13.7. The maximum Gasteiger partial charge on any atom is 0.473 e. The standard InChI is InChI=1S/C23H34N8O13P2S/c1-11-7-30(22(35)27-18(11)24)15-5-12(33)13(42-15)9-41-45(36,37)23(44-46(38,39)40-3-2-4-47)6-16(43-14(23)8-32)31-10-26-17-19(31)28-21(25)29-20(17)34/h7,10,12-16,32-33,47H,2-6,8-9H2,1H3,(H,36,37)(H,38,39)(H2,24,27,35)(H3,25,28,29,34)/t12-,13+,14+,15+,16+,23+/m0/s1. The number of fused-ring (bicyclic) bond motifs is 1. The number of nitrogens with one attached hydrogen (secondary N) is 1. The first-order valence-electron chi connectivity index (χ1n) is 14.0. The van der Waals surface area contributed by atoms with Crippen molar-refractivity contribution >= 4 is 51.0 Å². The van der Waals surface area contributed by atoms with Gasteiger partial charge in [-0.2, -0.15) is 22.6 Å². The lowest BCUT2D eigenvalue weighted by Gasteiger charge is -2.36. The minimum atomic E-state index is -5.36. The molecule has 2 unspecified atom stereocenters. The predicted octanol–water partition coefficient (Wildman–Crippen LogP) is -0.871. The number of hydrogen-bond donors (Lipinski definition) is 8. The van der Waals surface area contributed by atoms with Gasteiger partial charge in [0.25, 0.3) is 5.56 Å². The summed E-state index contributed by atoms with van der Waals surface area (Å²) in [7, 11) is -10.5. The molecule has 47 heavy (non-hydrogen) atoms. The number of anilines is 2. The predicted molar refractivity (Wildman–Crippen MR) is 164 cm³/mol. The highest BCUT2D eigenvalue weighted by Gasteiger charge is 2.66. The van der Waals surface area contributed by atoms with Crippen LogP contribution in [-0.4, -0.2) is 98.3 Å². The lowest BCUT2D eigenvalue weighted by molar-refractivity contribution is -0.0676. The van der Waals surface area contributed by atoms with Crippen molar-refractivity contribution in [3.63, 3.8) is 0 Å². The number of phosphoric ester groups is 1. The Kier molecular flexibility index (Phi) is 10.3. The van der Waals surface area contributed by atoms with Crippen LogP contribution in [0.1, 0.15) is 37.3 Å². The summed E-state index contributed by atoms with van der Waals surface area (Å²) in [4.78, 5) is 60.8. The maximum absolute atomic E-state index is 14.1. The molecule has 5 heterocycles. The van der Waals surface area contributed by atoms with Crippen LogP contribution in [0.3, 0.4) is 0 Å². The van der Waals surface area contributed by atoms with E-state index >= 15 is 0 Å². The van der Waals surface area contributed by atoms with E-state index < -0.39 is 82.4 Å². The molecule has 0 aromatic carbocycles. The summed E-state index contributed by atoms with van der Waals surface area (Å²) in [6, 6.07) is 0. The Morgan fingerprint density at radius 3 is 2.62 bits per heavy atom. The highest BCUT2D eigenvalue weighted by molar-refractivity contribution is 7.80. The molecule has 260 valence electrons. The molecule has 2 fully saturated rings. The topological polar surface area (TPSA) is 312 Å². The van der Waals surface area contributed by atoms with E-state index in [4.69, 9.17) is 34.5 Å². The Labute approximate surface area is 270 Å². The molecule has 0 amide bonds. The molecular formula is C23H34N8O13P2S. The molecule has 3 aromatic heterocycles. The lowest BCUT2D eigenvalue weighted by Crippen LogP contribution is -2.43. The quantitative estimate of drug-likeness (QED) is 0.0603. The third-order valence-corrected chi connectivity index (χ3v) is 11.2. The normalized spacial score (nSPS) is 28.9. The van der Waals surface area contributed by atoms with Crippen LogP contribution in [0.4, 0.5) is 11.8 Å². The zero-order valence-electron chi connectivity index (χ0n) is 24.7. The Balaban J connectivity index is 1.45. The summed E-state index contributed by atoms with van der Waals surface area (Å²) >= 11 is 4.01. The van der Waals surface area contributed by atoms with Gasteiger partial charge in [-0.15, -0.1) is 0 Å². The first-order chi connectivity index (χ1) is 22.1. The third kappa shape index (κ3) is 7.05. The van der Waals surface area contributed by atoms with Gasteiger partial charge >= 0.3 is 21.1 Å². The number of phosphoric acid groups is 1. The van der Waals surface area contributed by atoms with E-state index in [1.54, 1.807) is 6.92 Å². The molecule has 2 aliphatic rings. The van der Waals surface area contributed by atoms with E-state index in [-0.39, 0.29) is 48.1 Å². The van der Waals surface area contributed by atoms with Crippen LogP contribution in [0, 0.1) is 6.92 Å². The van der Waals surface area contributed by atoms with Gasteiger partial charge in [-0.25, -0.2) is 14.3 Å². The van der Waals surface area contributed by atoms with Gasteiger partial charge in [0.05, 0.1) is 32.3 Å². The molecule has 24 heteroatoms. The summed E-state index contributed by atoms with van der Waals surface area (Å²) in [6.07, 6.45) is -4.96. The van der Waals surface area contributed by atoms with E-state index in [0.29, 0.717) is 5.56 Å². The Morgan fingerprint density at radius 1 is 1.17 bits per heavy atom. The maximum atomic E-state index is 14.1. The second-order valence-electron chi connectivity index (χ2n) is 10.8. The zero-order chi connectivity index (χ0) is 34.3. The van der Waals surface area contributed by atoms with E-state index in [0.717, 1.165) is 15.5 Å². The highest BCUT2D eigenvalue weighted by Crippen LogP contribution is 2.69. The average Bonchev–Trinajstić information content (AvgIpc) is 3.69. The summed E-state index contributed by atoms with van der Waals surface area (Å²) in [5.41, 5.74) is 10.1. The second-order valence-corrected chi connectivity index (χ2v) is 14.7. The number of imidazole rings is 1.